The van der Waals surface area contributed by atoms with Gasteiger partial charge in [-0.3, -0.25) is 14.9 Å². The minimum absolute atomic E-state index is 0.0869. The van der Waals surface area contributed by atoms with Crippen LogP contribution in [-0.4, -0.2) is 43.7 Å². The zero-order valence-electron chi connectivity index (χ0n) is 15.6. The summed E-state index contributed by atoms with van der Waals surface area (Å²) in [6.07, 6.45) is 0. The number of nitro groups is 1. The van der Waals surface area contributed by atoms with E-state index < -0.39 is 4.92 Å². The van der Waals surface area contributed by atoms with Gasteiger partial charge in [0.05, 0.1) is 29.4 Å². The molecule has 2 aromatic rings. The van der Waals surface area contributed by atoms with Gasteiger partial charge in [-0.25, -0.2) is 0 Å². The van der Waals surface area contributed by atoms with Crippen molar-refractivity contribution in [3.63, 3.8) is 0 Å². The van der Waals surface area contributed by atoms with Gasteiger partial charge in [-0.2, -0.15) is 0 Å². The zero-order chi connectivity index (χ0) is 19.4. The SMILES string of the molecule is CCN(C(=O)c1cc([N+](=O)[O-])ccc1N1CCOCC1)c1ccccc1C. The molecule has 1 aliphatic rings. The number of carbonyl (C=O) groups is 1. The normalized spacial score (nSPS) is 14.1. The lowest BCUT2D eigenvalue weighted by molar-refractivity contribution is -0.384. The molecule has 0 atom stereocenters. The summed E-state index contributed by atoms with van der Waals surface area (Å²) >= 11 is 0. The van der Waals surface area contributed by atoms with Crippen molar-refractivity contribution in [2.45, 2.75) is 13.8 Å². The first-order chi connectivity index (χ1) is 13.0. The van der Waals surface area contributed by atoms with Crippen LogP contribution in [0.5, 0.6) is 0 Å². The van der Waals surface area contributed by atoms with Crippen molar-refractivity contribution < 1.29 is 14.5 Å². The molecule has 1 heterocycles. The molecule has 142 valence electrons. The second-order valence-corrected chi connectivity index (χ2v) is 6.39. The second kappa shape index (κ2) is 8.18. The molecular weight excluding hydrogens is 346 g/mol. The van der Waals surface area contributed by atoms with E-state index in [-0.39, 0.29) is 11.6 Å². The molecule has 0 spiro atoms. The molecule has 7 heteroatoms. The standard InChI is InChI=1S/C20H23N3O4/c1-3-22(18-7-5-4-6-15(18)2)20(24)17-14-16(23(25)26)8-9-19(17)21-10-12-27-13-11-21/h4-9,14H,3,10-13H2,1-2H3. The molecule has 1 fully saturated rings. The van der Waals surface area contributed by atoms with Crippen LogP contribution in [0.2, 0.25) is 0 Å². The number of benzene rings is 2. The second-order valence-electron chi connectivity index (χ2n) is 6.39. The molecule has 3 rings (SSSR count). The van der Waals surface area contributed by atoms with Crippen molar-refractivity contribution in [1.29, 1.82) is 0 Å². The summed E-state index contributed by atoms with van der Waals surface area (Å²) < 4.78 is 5.39. The van der Waals surface area contributed by atoms with Gasteiger partial charge in [-0.05, 0) is 31.5 Å². The first-order valence-corrected chi connectivity index (χ1v) is 9.01. The van der Waals surface area contributed by atoms with Gasteiger partial charge >= 0.3 is 0 Å². The lowest BCUT2D eigenvalue weighted by atomic mass is 10.1. The van der Waals surface area contributed by atoms with E-state index in [1.54, 1.807) is 11.0 Å². The van der Waals surface area contributed by atoms with Crippen molar-refractivity contribution in [3.8, 4) is 0 Å². The van der Waals surface area contributed by atoms with E-state index in [2.05, 4.69) is 0 Å². The number of amides is 1. The Morgan fingerprint density at radius 2 is 1.93 bits per heavy atom. The van der Waals surface area contributed by atoms with Crippen LogP contribution in [0.25, 0.3) is 0 Å². The van der Waals surface area contributed by atoms with E-state index in [1.807, 2.05) is 43.0 Å². The number of anilines is 2. The zero-order valence-corrected chi connectivity index (χ0v) is 15.6. The fourth-order valence-electron chi connectivity index (χ4n) is 3.32. The number of hydrogen-bond acceptors (Lipinski definition) is 5. The van der Waals surface area contributed by atoms with Gasteiger partial charge in [0.15, 0.2) is 0 Å². The van der Waals surface area contributed by atoms with Crippen LogP contribution in [-0.2, 0) is 4.74 Å². The van der Waals surface area contributed by atoms with Crippen molar-refractivity contribution in [2.24, 2.45) is 0 Å². The minimum atomic E-state index is -0.468. The summed E-state index contributed by atoms with van der Waals surface area (Å²) in [5.74, 6) is -0.239. The number of hydrogen-bond donors (Lipinski definition) is 0. The molecule has 1 aliphatic heterocycles. The first kappa shape index (κ1) is 18.8. The molecule has 2 aromatic carbocycles. The molecule has 0 saturated carbocycles. The number of non-ortho nitro benzene ring substituents is 1. The number of ether oxygens (including phenoxy) is 1. The first-order valence-electron chi connectivity index (χ1n) is 9.01. The van der Waals surface area contributed by atoms with Crippen LogP contribution in [0.3, 0.4) is 0 Å². The maximum atomic E-state index is 13.4. The molecule has 0 aliphatic carbocycles. The lowest BCUT2D eigenvalue weighted by Crippen LogP contribution is -2.39. The fourth-order valence-corrected chi connectivity index (χ4v) is 3.32. The molecule has 27 heavy (non-hydrogen) atoms. The van der Waals surface area contributed by atoms with E-state index in [0.717, 1.165) is 11.3 Å². The number of carbonyl (C=O) groups excluding carboxylic acids is 1. The Morgan fingerprint density at radius 3 is 2.56 bits per heavy atom. The molecule has 7 nitrogen and oxygen atoms in total. The topological polar surface area (TPSA) is 75.9 Å². The fraction of sp³-hybridized carbons (Fsp3) is 0.350. The number of nitrogens with zero attached hydrogens (tertiary/aromatic N) is 3. The maximum Gasteiger partial charge on any atom is 0.270 e. The molecule has 0 aromatic heterocycles. The molecule has 1 saturated heterocycles. The Morgan fingerprint density at radius 1 is 1.22 bits per heavy atom. The smallest absolute Gasteiger partial charge is 0.270 e. The van der Waals surface area contributed by atoms with Gasteiger partial charge < -0.3 is 14.5 Å². The maximum absolute atomic E-state index is 13.4. The van der Waals surface area contributed by atoms with Crippen molar-refractivity contribution in [1.82, 2.24) is 0 Å². The van der Waals surface area contributed by atoms with Gasteiger partial charge in [0.1, 0.15) is 0 Å². The average molecular weight is 369 g/mol. The van der Waals surface area contributed by atoms with Crippen molar-refractivity contribution in [2.75, 3.05) is 42.6 Å². The largest absolute Gasteiger partial charge is 0.378 e. The van der Waals surface area contributed by atoms with Gasteiger partial charge in [-0.15, -0.1) is 0 Å². The Hall–Kier alpha value is -2.93. The highest BCUT2D eigenvalue weighted by molar-refractivity contribution is 6.10. The summed E-state index contributed by atoms with van der Waals surface area (Å²) in [5, 5.41) is 11.3. The van der Waals surface area contributed by atoms with Crippen LogP contribution < -0.4 is 9.80 Å². The van der Waals surface area contributed by atoms with E-state index in [4.69, 9.17) is 4.74 Å². The molecular formula is C20H23N3O4. The van der Waals surface area contributed by atoms with Crippen molar-refractivity contribution >= 4 is 23.0 Å². The van der Waals surface area contributed by atoms with Crippen LogP contribution in [0, 0.1) is 17.0 Å². The van der Waals surface area contributed by atoms with E-state index >= 15 is 0 Å². The number of aryl methyl sites for hydroxylation is 1. The molecule has 0 bridgehead atoms. The number of morpholine rings is 1. The Balaban J connectivity index is 2.06. The number of rotatable bonds is 5. The Bertz CT molecular complexity index is 847. The average Bonchev–Trinajstić information content (AvgIpc) is 2.70. The van der Waals surface area contributed by atoms with E-state index in [9.17, 15) is 14.9 Å². The minimum Gasteiger partial charge on any atom is -0.378 e. The highest BCUT2D eigenvalue weighted by atomic mass is 16.6. The van der Waals surface area contributed by atoms with Crippen LogP contribution in [0.4, 0.5) is 17.1 Å². The van der Waals surface area contributed by atoms with Gasteiger partial charge in [-0.1, -0.05) is 18.2 Å². The number of para-hydroxylation sites is 1. The molecule has 0 N–H and O–H groups in total. The third-order valence-corrected chi connectivity index (χ3v) is 4.74. The lowest BCUT2D eigenvalue weighted by Gasteiger charge is -2.31. The Kier molecular flexibility index (Phi) is 5.71. The third-order valence-electron chi connectivity index (χ3n) is 4.74. The van der Waals surface area contributed by atoms with Gasteiger partial charge in [0, 0.05) is 37.5 Å². The highest BCUT2D eigenvalue weighted by Crippen LogP contribution is 2.30. The monoisotopic (exact) mass is 369 g/mol. The predicted molar refractivity (Wildman–Crippen MR) is 105 cm³/mol. The molecule has 0 unspecified atom stereocenters. The summed E-state index contributed by atoms with van der Waals surface area (Å²) in [5.41, 5.74) is 2.75. The highest BCUT2D eigenvalue weighted by Gasteiger charge is 2.26. The van der Waals surface area contributed by atoms with Crippen LogP contribution in [0.15, 0.2) is 42.5 Å². The van der Waals surface area contributed by atoms with Crippen LogP contribution >= 0.6 is 0 Å². The van der Waals surface area contributed by atoms with Crippen molar-refractivity contribution in [3.05, 3.63) is 63.7 Å². The molecule has 1 amide bonds. The quantitative estimate of drug-likeness (QED) is 0.596. The predicted octanol–water partition coefficient (Wildman–Crippen LogP) is 3.41. The summed E-state index contributed by atoms with van der Waals surface area (Å²) in [6, 6.07) is 12.1. The molecule has 0 radical (unpaired) electrons. The van der Waals surface area contributed by atoms with Crippen LogP contribution in [0.1, 0.15) is 22.8 Å². The summed E-state index contributed by atoms with van der Waals surface area (Å²) in [4.78, 5) is 27.9. The third kappa shape index (κ3) is 3.93. The summed E-state index contributed by atoms with van der Waals surface area (Å²) in [7, 11) is 0. The summed E-state index contributed by atoms with van der Waals surface area (Å²) in [6.45, 7) is 6.75. The van der Waals surface area contributed by atoms with Gasteiger partial charge in [0.2, 0.25) is 0 Å². The van der Waals surface area contributed by atoms with E-state index in [1.165, 1.54) is 12.1 Å². The van der Waals surface area contributed by atoms with Gasteiger partial charge in [0.25, 0.3) is 11.6 Å². The Labute approximate surface area is 158 Å². The number of nitro benzene ring substituents is 1. The van der Waals surface area contributed by atoms with E-state index in [0.29, 0.717) is 44.1 Å².